The van der Waals surface area contributed by atoms with Crippen molar-refractivity contribution < 1.29 is 9.59 Å². The van der Waals surface area contributed by atoms with Gasteiger partial charge in [-0.25, -0.2) is 0 Å². The summed E-state index contributed by atoms with van der Waals surface area (Å²) in [6.45, 7) is 11.3. The lowest BCUT2D eigenvalue weighted by atomic mass is 10.1. The van der Waals surface area contributed by atoms with E-state index in [-0.39, 0.29) is 11.8 Å². The molecular weight excluding hydrogens is 404 g/mol. The highest BCUT2D eigenvalue weighted by molar-refractivity contribution is 7.99. The molecule has 0 heterocycles. The van der Waals surface area contributed by atoms with Crippen molar-refractivity contribution in [2.75, 3.05) is 12.3 Å². The molecule has 0 aliphatic heterocycles. The van der Waals surface area contributed by atoms with Crippen LogP contribution in [0.4, 0.5) is 0 Å². The van der Waals surface area contributed by atoms with Crippen molar-refractivity contribution in [2.24, 2.45) is 0 Å². The molecule has 0 radical (unpaired) electrons. The molecule has 2 rings (SSSR count). The van der Waals surface area contributed by atoms with Crippen LogP contribution < -0.4 is 5.32 Å². The molecule has 2 aromatic rings. The van der Waals surface area contributed by atoms with E-state index in [4.69, 9.17) is 0 Å². The monoisotopic (exact) mass is 440 g/mol. The summed E-state index contributed by atoms with van der Waals surface area (Å²) < 4.78 is 0. The molecule has 0 bridgehead atoms. The van der Waals surface area contributed by atoms with Crippen LogP contribution in [0.3, 0.4) is 0 Å². The first-order valence-corrected chi connectivity index (χ1v) is 12.3. The fraction of sp³-hybridized carbons (Fsp3) is 0.462. The molecule has 2 amide bonds. The molecule has 0 aliphatic carbocycles. The molecule has 0 unspecified atom stereocenters. The highest BCUT2D eigenvalue weighted by Gasteiger charge is 2.28. The number of thioether (sulfide) groups is 1. The lowest BCUT2D eigenvalue weighted by molar-refractivity contribution is -0.139. The van der Waals surface area contributed by atoms with Gasteiger partial charge in [-0.2, -0.15) is 0 Å². The van der Waals surface area contributed by atoms with Gasteiger partial charge < -0.3 is 10.2 Å². The number of hydrogen-bond donors (Lipinski definition) is 1. The van der Waals surface area contributed by atoms with Crippen LogP contribution >= 0.6 is 11.8 Å². The number of hydrogen-bond acceptors (Lipinski definition) is 3. The van der Waals surface area contributed by atoms with E-state index >= 15 is 0 Å². The van der Waals surface area contributed by atoms with E-state index in [2.05, 4.69) is 37.4 Å². The third kappa shape index (κ3) is 7.73. The quantitative estimate of drug-likeness (QED) is 0.524. The zero-order valence-corrected chi connectivity index (χ0v) is 20.3. The highest BCUT2D eigenvalue weighted by atomic mass is 32.2. The Morgan fingerprint density at radius 1 is 1.03 bits per heavy atom. The lowest BCUT2D eigenvalue weighted by Gasteiger charge is -2.31. The van der Waals surface area contributed by atoms with E-state index in [9.17, 15) is 9.59 Å². The van der Waals surface area contributed by atoms with Crippen molar-refractivity contribution in [3.63, 3.8) is 0 Å². The van der Waals surface area contributed by atoms with Crippen molar-refractivity contribution in [1.29, 1.82) is 0 Å². The predicted molar refractivity (Wildman–Crippen MR) is 131 cm³/mol. The molecule has 0 spiro atoms. The fourth-order valence-corrected chi connectivity index (χ4v) is 4.59. The summed E-state index contributed by atoms with van der Waals surface area (Å²) in [6.07, 6.45) is 1.47. The van der Waals surface area contributed by atoms with Gasteiger partial charge in [-0.05, 0) is 50.3 Å². The van der Waals surface area contributed by atoms with Gasteiger partial charge in [0, 0.05) is 18.8 Å². The summed E-state index contributed by atoms with van der Waals surface area (Å²) in [5, 5.41) is 2.97. The number of carbonyl (C=O) groups is 2. The predicted octanol–water partition coefficient (Wildman–Crippen LogP) is 5.18. The normalized spacial score (nSPS) is 11.8. The second-order valence-corrected chi connectivity index (χ2v) is 9.14. The number of rotatable bonds is 11. The molecule has 4 nitrogen and oxygen atoms in total. The maximum atomic E-state index is 13.3. The maximum Gasteiger partial charge on any atom is 0.242 e. The number of nitrogens with zero attached hydrogens (tertiary/aromatic N) is 1. The zero-order chi connectivity index (χ0) is 22.8. The number of amides is 2. The molecule has 1 N–H and O–H groups in total. The summed E-state index contributed by atoms with van der Waals surface area (Å²) in [7, 11) is 0. The summed E-state index contributed by atoms with van der Waals surface area (Å²) in [6, 6.07) is 14.1. The molecule has 0 saturated carbocycles. The highest BCUT2D eigenvalue weighted by Crippen LogP contribution is 2.20. The first-order chi connectivity index (χ1) is 14.8. The summed E-state index contributed by atoms with van der Waals surface area (Å²) >= 11 is 1.61. The van der Waals surface area contributed by atoms with E-state index in [0.717, 1.165) is 23.3 Å². The van der Waals surface area contributed by atoms with Crippen LogP contribution in [-0.2, 0) is 21.9 Å². The Kier molecular flexibility index (Phi) is 10.1. The molecular formula is C26H36N2O2S. The van der Waals surface area contributed by atoms with Crippen molar-refractivity contribution in [1.82, 2.24) is 10.2 Å². The third-order valence-corrected chi connectivity index (χ3v) is 6.30. The van der Waals surface area contributed by atoms with Gasteiger partial charge in [0.1, 0.15) is 6.04 Å². The molecule has 168 valence electrons. The molecule has 1 atom stereocenters. The first-order valence-electron chi connectivity index (χ1n) is 11.1. The minimum absolute atomic E-state index is 0.0103. The molecule has 0 aliphatic rings. The van der Waals surface area contributed by atoms with Gasteiger partial charge in [0.15, 0.2) is 0 Å². The molecule has 5 heteroatoms. The van der Waals surface area contributed by atoms with Gasteiger partial charge >= 0.3 is 0 Å². The summed E-state index contributed by atoms with van der Waals surface area (Å²) in [5.74, 6) is 1.09. The summed E-state index contributed by atoms with van der Waals surface area (Å²) in [4.78, 5) is 27.9. The largest absolute Gasteiger partial charge is 0.354 e. The molecule has 31 heavy (non-hydrogen) atoms. The summed E-state index contributed by atoms with van der Waals surface area (Å²) in [5.41, 5.74) is 5.92. The number of carbonyl (C=O) groups excluding carboxylic acids is 2. The minimum Gasteiger partial charge on any atom is -0.354 e. The van der Waals surface area contributed by atoms with Crippen molar-refractivity contribution in [2.45, 2.75) is 65.8 Å². The van der Waals surface area contributed by atoms with E-state index in [1.807, 2.05) is 45.0 Å². The first kappa shape index (κ1) is 25.0. The SMILES string of the molecule is CCCNC(=O)[C@@H](CC)N(Cc1ccccc1C)C(=O)CSCc1cc(C)cc(C)c1. The second-order valence-electron chi connectivity index (χ2n) is 8.15. The lowest BCUT2D eigenvalue weighted by Crippen LogP contribution is -2.49. The average Bonchev–Trinajstić information content (AvgIpc) is 2.72. The number of nitrogens with one attached hydrogen (secondary N) is 1. The Hall–Kier alpha value is -2.27. The van der Waals surface area contributed by atoms with E-state index < -0.39 is 6.04 Å². The van der Waals surface area contributed by atoms with Crippen molar-refractivity contribution >= 4 is 23.6 Å². The number of aryl methyl sites for hydroxylation is 3. The van der Waals surface area contributed by atoms with Gasteiger partial charge in [0.05, 0.1) is 5.75 Å². The van der Waals surface area contributed by atoms with Crippen LogP contribution in [0.1, 0.15) is 54.5 Å². The molecule has 2 aromatic carbocycles. The minimum atomic E-state index is -0.458. The topological polar surface area (TPSA) is 49.4 Å². The Labute approximate surface area is 191 Å². The average molecular weight is 441 g/mol. The Balaban J connectivity index is 2.14. The Bertz CT molecular complexity index is 861. The molecule has 0 saturated heterocycles. The smallest absolute Gasteiger partial charge is 0.242 e. The van der Waals surface area contributed by atoms with Crippen LogP contribution in [0.15, 0.2) is 42.5 Å². The Morgan fingerprint density at radius 2 is 1.71 bits per heavy atom. The molecule has 0 aromatic heterocycles. The Morgan fingerprint density at radius 3 is 2.32 bits per heavy atom. The van der Waals surface area contributed by atoms with Gasteiger partial charge in [-0.15, -0.1) is 11.8 Å². The molecule has 0 fully saturated rings. The van der Waals surface area contributed by atoms with Gasteiger partial charge in [0.2, 0.25) is 11.8 Å². The van der Waals surface area contributed by atoms with E-state index in [1.54, 1.807) is 16.7 Å². The van der Waals surface area contributed by atoms with E-state index in [0.29, 0.717) is 25.3 Å². The maximum absolute atomic E-state index is 13.3. The van der Waals surface area contributed by atoms with Gasteiger partial charge in [-0.3, -0.25) is 9.59 Å². The van der Waals surface area contributed by atoms with E-state index in [1.165, 1.54) is 16.7 Å². The standard InChI is InChI=1S/C26H36N2O2S/c1-6-12-27-26(30)24(7-2)28(16-23-11-9-8-10-21(23)5)25(29)18-31-17-22-14-19(3)13-20(4)15-22/h8-11,13-15,24H,6-7,12,16-18H2,1-5H3,(H,27,30)/t24-/m1/s1. The van der Waals surface area contributed by atoms with Crippen LogP contribution in [0.2, 0.25) is 0 Å². The van der Waals surface area contributed by atoms with Crippen LogP contribution in [0.25, 0.3) is 0 Å². The zero-order valence-electron chi connectivity index (χ0n) is 19.5. The van der Waals surface area contributed by atoms with Gasteiger partial charge in [0.25, 0.3) is 0 Å². The van der Waals surface area contributed by atoms with Crippen molar-refractivity contribution in [3.05, 3.63) is 70.3 Å². The fourth-order valence-electron chi connectivity index (χ4n) is 3.75. The van der Waals surface area contributed by atoms with Crippen LogP contribution in [0, 0.1) is 20.8 Å². The van der Waals surface area contributed by atoms with Crippen molar-refractivity contribution in [3.8, 4) is 0 Å². The second kappa shape index (κ2) is 12.6. The van der Waals surface area contributed by atoms with Crippen LogP contribution in [-0.4, -0.2) is 35.1 Å². The van der Waals surface area contributed by atoms with Crippen LogP contribution in [0.5, 0.6) is 0 Å². The van der Waals surface area contributed by atoms with Gasteiger partial charge in [-0.1, -0.05) is 67.4 Å². The number of benzene rings is 2. The third-order valence-electron chi connectivity index (χ3n) is 5.31.